The van der Waals surface area contributed by atoms with Gasteiger partial charge in [-0.3, -0.25) is 4.68 Å². The van der Waals surface area contributed by atoms with E-state index in [1.807, 2.05) is 25.6 Å². The molecule has 4 nitrogen and oxygen atoms in total. The van der Waals surface area contributed by atoms with Gasteiger partial charge in [0, 0.05) is 24.9 Å². The number of nitrogens with two attached hydrogens (primary N) is 1. The second kappa shape index (κ2) is 4.39. The molecule has 0 aliphatic heterocycles. The lowest BCUT2D eigenvalue weighted by molar-refractivity contribution is 0.133. The van der Waals surface area contributed by atoms with Crippen LogP contribution in [-0.4, -0.2) is 23.0 Å². The van der Waals surface area contributed by atoms with Gasteiger partial charge in [0.2, 0.25) is 0 Å². The van der Waals surface area contributed by atoms with E-state index in [2.05, 4.69) is 5.10 Å². The molecule has 1 heterocycles. The van der Waals surface area contributed by atoms with Crippen LogP contribution >= 0.6 is 0 Å². The summed E-state index contributed by atoms with van der Waals surface area (Å²) in [6.07, 6.45) is 1.80. The van der Waals surface area contributed by atoms with E-state index >= 15 is 0 Å². The van der Waals surface area contributed by atoms with Crippen molar-refractivity contribution in [2.45, 2.75) is 19.9 Å². The molecule has 1 aromatic rings. The normalized spacial score (nSPS) is 13.2. The maximum Gasteiger partial charge on any atom is 0.0660 e. The Hall–Kier alpha value is -0.870. The van der Waals surface area contributed by atoms with E-state index in [1.54, 1.807) is 6.20 Å². The van der Waals surface area contributed by atoms with Crippen LogP contribution < -0.4 is 5.73 Å². The Morgan fingerprint density at radius 3 is 2.85 bits per heavy atom. The Balaban J connectivity index is 2.65. The van der Waals surface area contributed by atoms with Crippen molar-refractivity contribution < 1.29 is 4.74 Å². The summed E-state index contributed by atoms with van der Waals surface area (Å²) in [5.74, 6) is 0. The Labute approximate surface area is 78.7 Å². The Kier molecular flexibility index (Phi) is 3.45. The van der Waals surface area contributed by atoms with Crippen molar-refractivity contribution in [1.82, 2.24) is 9.78 Å². The van der Waals surface area contributed by atoms with E-state index in [-0.39, 0.29) is 6.04 Å². The SMILES string of the molecule is CCOCC(N)c1cnn(C)c1C. The van der Waals surface area contributed by atoms with Crippen molar-refractivity contribution in [2.75, 3.05) is 13.2 Å². The van der Waals surface area contributed by atoms with Gasteiger partial charge in [0.15, 0.2) is 0 Å². The summed E-state index contributed by atoms with van der Waals surface area (Å²) in [6.45, 7) is 5.23. The highest BCUT2D eigenvalue weighted by atomic mass is 16.5. The van der Waals surface area contributed by atoms with Crippen molar-refractivity contribution >= 4 is 0 Å². The van der Waals surface area contributed by atoms with Crippen LogP contribution in [0.4, 0.5) is 0 Å². The molecular formula is C9H17N3O. The number of nitrogens with zero attached hydrogens (tertiary/aromatic N) is 2. The number of rotatable bonds is 4. The van der Waals surface area contributed by atoms with E-state index in [9.17, 15) is 0 Å². The van der Waals surface area contributed by atoms with Gasteiger partial charge >= 0.3 is 0 Å². The molecule has 0 spiro atoms. The number of aromatic nitrogens is 2. The number of hydrogen-bond acceptors (Lipinski definition) is 3. The first-order valence-electron chi connectivity index (χ1n) is 4.48. The van der Waals surface area contributed by atoms with Crippen LogP contribution in [0.1, 0.15) is 24.2 Å². The highest BCUT2D eigenvalue weighted by molar-refractivity contribution is 5.19. The molecule has 1 atom stereocenters. The van der Waals surface area contributed by atoms with Gasteiger partial charge in [-0.2, -0.15) is 5.10 Å². The Morgan fingerprint density at radius 1 is 1.69 bits per heavy atom. The zero-order valence-electron chi connectivity index (χ0n) is 8.45. The van der Waals surface area contributed by atoms with Gasteiger partial charge in [-0.1, -0.05) is 0 Å². The predicted molar refractivity (Wildman–Crippen MR) is 51.4 cm³/mol. The number of ether oxygens (including phenoxy) is 1. The summed E-state index contributed by atoms with van der Waals surface area (Å²) in [5.41, 5.74) is 8.09. The second-order valence-electron chi connectivity index (χ2n) is 3.07. The molecule has 0 amide bonds. The molecule has 0 saturated carbocycles. The van der Waals surface area contributed by atoms with Crippen LogP contribution in [0, 0.1) is 6.92 Å². The van der Waals surface area contributed by atoms with Gasteiger partial charge in [0.25, 0.3) is 0 Å². The quantitative estimate of drug-likeness (QED) is 0.750. The molecule has 1 aromatic heterocycles. The third-order valence-corrected chi connectivity index (χ3v) is 2.17. The maximum atomic E-state index is 5.92. The molecule has 1 rings (SSSR count). The highest BCUT2D eigenvalue weighted by Gasteiger charge is 2.11. The molecule has 1 unspecified atom stereocenters. The maximum absolute atomic E-state index is 5.92. The van der Waals surface area contributed by atoms with Crippen LogP contribution in [-0.2, 0) is 11.8 Å². The van der Waals surface area contributed by atoms with Crippen LogP contribution in [0.3, 0.4) is 0 Å². The molecule has 0 saturated heterocycles. The monoisotopic (exact) mass is 183 g/mol. The highest BCUT2D eigenvalue weighted by Crippen LogP contribution is 2.14. The molecule has 0 aliphatic rings. The summed E-state index contributed by atoms with van der Waals surface area (Å²) >= 11 is 0. The molecule has 0 aromatic carbocycles. The van der Waals surface area contributed by atoms with E-state index in [1.165, 1.54) is 0 Å². The van der Waals surface area contributed by atoms with Gasteiger partial charge in [-0.15, -0.1) is 0 Å². The van der Waals surface area contributed by atoms with E-state index in [4.69, 9.17) is 10.5 Å². The fourth-order valence-electron chi connectivity index (χ4n) is 1.21. The van der Waals surface area contributed by atoms with Crippen LogP contribution in [0.15, 0.2) is 6.20 Å². The van der Waals surface area contributed by atoms with Crippen LogP contribution in [0.5, 0.6) is 0 Å². The molecular weight excluding hydrogens is 166 g/mol. The number of aryl methyl sites for hydroxylation is 1. The van der Waals surface area contributed by atoms with Crippen molar-refractivity contribution in [1.29, 1.82) is 0 Å². The fraction of sp³-hybridized carbons (Fsp3) is 0.667. The van der Waals surface area contributed by atoms with Crippen molar-refractivity contribution in [3.63, 3.8) is 0 Å². The molecule has 0 radical (unpaired) electrons. The van der Waals surface area contributed by atoms with E-state index < -0.39 is 0 Å². The largest absolute Gasteiger partial charge is 0.380 e. The summed E-state index contributed by atoms with van der Waals surface area (Å²) in [6, 6.07) is -0.0614. The summed E-state index contributed by atoms with van der Waals surface area (Å²) < 4.78 is 7.07. The summed E-state index contributed by atoms with van der Waals surface area (Å²) in [5, 5.41) is 4.13. The second-order valence-corrected chi connectivity index (χ2v) is 3.07. The third kappa shape index (κ3) is 2.29. The number of hydrogen-bond donors (Lipinski definition) is 1. The standard InChI is InChI=1S/C9H17N3O/c1-4-13-6-9(10)8-5-11-12(3)7(8)2/h5,9H,4,6,10H2,1-3H3. The predicted octanol–water partition coefficient (Wildman–Crippen LogP) is 0.765. The van der Waals surface area contributed by atoms with Crippen molar-refractivity contribution in [2.24, 2.45) is 12.8 Å². The Morgan fingerprint density at radius 2 is 2.38 bits per heavy atom. The van der Waals surface area contributed by atoms with Crippen LogP contribution in [0.25, 0.3) is 0 Å². The Bertz CT molecular complexity index is 270. The first kappa shape index (κ1) is 10.2. The van der Waals surface area contributed by atoms with E-state index in [0.717, 1.165) is 11.3 Å². The van der Waals surface area contributed by atoms with Gasteiger partial charge in [0.1, 0.15) is 0 Å². The minimum Gasteiger partial charge on any atom is -0.380 e. The molecule has 74 valence electrons. The molecule has 0 aliphatic carbocycles. The van der Waals surface area contributed by atoms with Crippen LogP contribution in [0.2, 0.25) is 0 Å². The first-order chi connectivity index (χ1) is 6.16. The summed E-state index contributed by atoms with van der Waals surface area (Å²) in [7, 11) is 1.91. The van der Waals surface area contributed by atoms with Gasteiger partial charge in [-0.25, -0.2) is 0 Å². The van der Waals surface area contributed by atoms with Crippen molar-refractivity contribution in [3.05, 3.63) is 17.5 Å². The zero-order chi connectivity index (χ0) is 9.84. The lowest BCUT2D eigenvalue weighted by atomic mass is 10.1. The topological polar surface area (TPSA) is 53.1 Å². The lowest BCUT2D eigenvalue weighted by Crippen LogP contribution is -2.17. The fourth-order valence-corrected chi connectivity index (χ4v) is 1.21. The average molecular weight is 183 g/mol. The first-order valence-corrected chi connectivity index (χ1v) is 4.48. The molecule has 0 bridgehead atoms. The van der Waals surface area contributed by atoms with Crippen molar-refractivity contribution in [3.8, 4) is 0 Å². The van der Waals surface area contributed by atoms with E-state index in [0.29, 0.717) is 13.2 Å². The lowest BCUT2D eigenvalue weighted by Gasteiger charge is -2.10. The van der Waals surface area contributed by atoms with Gasteiger partial charge < -0.3 is 10.5 Å². The zero-order valence-corrected chi connectivity index (χ0v) is 8.45. The third-order valence-electron chi connectivity index (χ3n) is 2.17. The molecule has 0 fully saturated rings. The molecule has 2 N–H and O–H groups in total. The smallest absolute Gasteiger partial charge is 0.0660 e. The minimum atomic E-state index is -0.0614. The van der Waals surface area contributed by atoms with Gasteiger partial charge in [0.05, 0.1) is 18.8 Å². The minimum absolute atomic E-state index is 0.0614. The molecule has 4 heteroatoms. The summed E-state index contributed by atoms with van der Waals surface area (Å²) in [4.78, 5) is 0. The van der Waals surface area contributed by atoms with Gasteiger partial charge in [-0.05, 0) is 13.8 Å². The average Bonchev–Trinajstić information content (AvgIpc) is 2.44. The molecule has 13 heavy (non-hydrogen) atoms.